The van der Waals surface area contributed by atoms with E-state index in [-0.39, 0.29) is 6.10 Å². The monoisotopic (exact) mass is 250 g/mol. The van der Waals surface area contributed by atoms with Crippen molar-refractivity contribution in [3.05, 3.63) is 18.2 Å². The first kappa shape index (κ1) is 13.0. The van der Waals surface area contributed by atoms with Crippen LogP contribution in [0.3, 0.4) is 0 Å². The molecule has 4 nitrogen and oxygen atoms in total. The molecule has 1 atom stereocenters. The molecule has 1 fully saturated rings. The minimum atomic E-state index is -0.597. The maximum Gasteiger partial charge on any atom is 0.144 e. The van der Waals surface area contributed by atoms with E-state index in [1.807, 2.05) is 39.0 Å². The Bertz CT molecular complexity index is 430. The first-order valence-corrected chi connectivity index (χ1v) is 6.41. The number of anilines is 2. The molecule has 100 valence electrons. The zero-order valence-electron chi connectivity index (χ0n) is 11.3. The Morgan fingerprint density at radius 2 is 2.17 bits per heavy atom. The molecule has 18 heavy (non-hydrogen) atoms. The van der Waals surface area contributed by atoms with E-state index in [2.05, 4.69) is 4.90 Å². The van der Waals surface area contributed by atoms with Crippen LogP contribution >= 0.6 is 0 Å². The summed E-state index contributed by atoms with van der Waals surface area (Å²) in [6.45, 7) is 7.34. The van der Waals surface area contributed by atoms with Crippen molar-refractivity contribution in [1.82, 2.24) is 0 Å². The molecule has 0 amide bonds. The molecule has 1 unspecified atom stereocenters. The molecule has 0 spiro atoms. The van der Waals surface area contributed by atoms with Gasteiger partial charge in [0.15, 0.2) is 0 Å². The van der Waals surface area contributed by atoms with E-state index in [4.69, 9.17) is 10.5 Å². The Balaban J connectivity index is 2.19. The van der Waals surface area contributed by atoms with Crippen molar-refractivity contribution in [1.29, 1.82) is 0 Å². The fourth-order valence-corrected chi connectivity index (χ4v) is 2.24. The van der Waals surface area contributed by atoms with Gasteiger partial charge < -0.3 is 20.5 Å². The number of nitrogen functional groups attached to an aromatic ring is 1. The molecule has 0 aromatic heterocycles. The van der Waals surface area contributed by atoms with Gasteiger partial charge in [-0.05, 0) is 39.3 Å². The molecule has 3 N–H and O–H groups in total. The van der Waals surface area contributed by atoms with Gasteiger partial charge >= 0.3 is 0 Å². The maximum atomic E-state index is 10.00. The lowest BCUT2D eigenvalue weighted by Gasteiger charge is -2.22. The Kier molecular flexibility index (Phi) is 3.39. The van der Waals surface area contributed by atoms with Crippen LogP contribution in [0.25, 0.3) is 0 Å². The number of hydrogen-bond donors (Lipinski definition) is 2. The molecule has 4 heteroatoms. The third-order valence-corrected chi connectivity index (χ3v) is 3.18. The lowest BCUT2D eigenvalue weighted by Crippen LogP contribution is -2.29. The van der Waals surface area contributed by atoms with Crippen LogP contribution in [0.5, 0.6) is 5.75 Å². The fourth-order valence-electron chi connectivity index (χ4n) is 2.24. The van der Waals surface area contributed by atoms with Crippen LogP contribution in [-0.2, 0) is 0 Å². The molecule has 0 bridgehead atoms. The van der Waals surface area contributed by atoms with E-state index >= 15 is 0 Å². The van der Waals surface area contributed by atoms with E-state index in [1.165, 1.54) is 0 Å². The van der Waals surface area contributed by atoms with Crippen molar-refractivity contribution in [2.75, 3.05) is 23.7 Å². The van der Waals surface area contributed by atoms with Gasteiger partial charge in [0, 0.05) is 24.8 Å². The number of rotatable bonds is 3. The molecule has 1 aliphatic heterocycles. The van der Waals surface area contributed by atoms with Crippen molar-refractivity contribution in [2.24, 2.45) is 0 Å². The average Bonchev–Trinajstić information content (AvgIpc) is 2.61. The van der Waals surface area contributed by atoms with Crippen LogP contribution in [0.4, 0.5) is 11.4 Å². The smallest absolute Gasteiger partial charge is 0.144 e. The van der Waals surface area contributed by atoms with Gasteiger partial charge in [-0.25, -0.2) is 0 Å². The second kappa shape index (κ2) is 4.69. The summed E-state index contributed by atoms with van der Waals surface area (Å²) in [6, 6.07) is 5.79. The van der Waals surface area contributed by atoms with Crippen molar-refractivity contribution in [2.45, 2.75) is 38.9 Å². The van der Waals surface area contributed by atoms with Crippen molar-refractivity contribution < 1.29 is 9.84 Å². The molecule has 0 saturated carbocycles. The third-order valence-electron chi connectivity index (χ3n) is 3.18. The van der Waals surface area contributed by atoms with Gasteiger partial charge in [-0.15, -0.1) is 0 Å². The molecule has 1 aliphatic rings. The van der Waals surface area contributed by atoms with Crippen LogP contribution in [0, 0.1) is 0 Å². The predicted octanol–water partition coefficient (Wildman–Crippen LogP) is 2.02. The summed E-state index contributed by atoms with van der Waals surface area (Å²) >= 11 is 0. The molecule has 2 rings (SSSR count). The minimum absolute atomic E-state index is 0.101. The van der Waals surface area contributed by atoms with E-state index in [9.17, 15) is 5.11 Å². The topological polar surface area (TPSA) is 58.7 Å². The highest BCUT2D eigenvalue weighted by Crippen LogP contribution is 2.32. The lowest BCUT2D eigenvalue weighted by atomic mass is 10.1. The summed E-state index contributed by atoms with van der Waals surface area (Å²) in [5.41, 5.74) is 7.00. The molecule has 1 saturated heterocycles. The molecular weight excluding hydrogens is 228 g/mol. The van der Waals surface area contributed by atoms with Gasteiger partial charge in [0.25, 0.3) is 0 Å². The number of ether oxygens (including phenoxy) is 1. The summed E-state index contributed by atoms with van der Waals surface area (Å²) < 4.78 is 5.68. The Morgan fingerprint density at radius 3 is 2.72 bits per heavy atom. The summed E-state index contributed by atoms with van der Waals surface area (Å²) in [5.74, 6) is 0.717. The third kappa shape index (κ3) is 2.88. The average molecular weight is 250 g/mol. The summed E-state index contributed by atoms with van der Waals surface area (Å²) in [6.07, 6.45) is 0.891. The van der Waals surface area contributed by atoms with Crippen LogP contribution in [0.15, 0.2) is 18.2 Å². The van der Waals surface area contributed by atoms with E-state index in [1.54, 1.807) is 0 Å². The first-order chi connectivity index (χ1) is 8.37. The SMILES string of the molecule is CC(C)Oc1cc(N2CCC(C)(O)C2)ccc1N. The molecule has 1 heterocycles. The first-order valence-electron chi connectivity index (χ1n) is 6.41. The molecule has 1 aromatic rings. The highest BCUT2D eigenvalue weighted by Gasteiger charge is 2.31. The van der Waals surface area contributed by atoms with Crippen molar-refractivity contribution in [3.63, 3.8) is 0 Å². The quantitative estimate of drug-likeness (QED) is 0.806. The van der Waals surface area contributed by atoms with Gasteiger partial charge in [-0.2, -0.15) is 0 Å². The van der Waals surface area contributed by atoms with Gasteiger partial charge in [-0.1, -0.05) is 0 Å². The van der Waals surface area contributed by atoms with Crippen molar-refractivity contribution in [3.8, 4) is 5.75 Å². The summed E-state index contributed by atoms with van der Waals surface area (Å²) in [5, 5.41) is 10.00. The Hall–Kier alpha value is -1.42. The van der Waals surface area contributed by atoms with Crippen LogP contribution in [0.2, 0.25) is 0 Å². The van der Waals surface area contributed by atoms with Crippen LogP contribution in [0.1, 0.15) is 27.2 Å². The molecule has 0 radical (unpaired) electrons. The number of hydrogen-bond acceptors (Lipinski definition) is 4. The van der Waals surface area contributed by atoms with Crippen LogP contribution < -0.4 is 15.4 Å². The van der Waals surface area contributed by atoms with Crippen molar-refractivity contribution >= 4 is 11.4 Å². The lowest BCUT2D eigenvalue weighted by molar-refractivity contribution is 0.0839. The zero-order chi connectivity index (χ0) is 13.3. The number of nitrogens with zero attached hydrogens (tertiary/aromatic N) is 1. The molecule has 1 aromatic carbocycles. The number of aliphatic hydroxyl groups is 1. The zero-order valence-corrected chi connectivity index (χ0v) is 11.3. The standard InChI is InChI=1S/C14H22N2O2/c1-10(2)18-13-8-11(4-5-12(13)15)16-7-6-14(3,17)9-16/h4-5,8,10,17H,6-7,9,15H2,1-3H3. The molecular formula is C14H22N2O2. The van der Waals surface area contributed by atoms with Crippen LogP contribution in [-0.4, -0.2) is 29.9 Å². The second-order valence-corrected chi connectivity index (χ2v) is 5.56. The fraction of sp³-hybridized carbons (Fsp3) is 0.571. The van der Waals surface area contributed by atoms with Gasteiger partial charge in [0.2, 0.25) is 0 Å². The van der Waals surface area contributed by atoms with Gasteiger partial charge in [0.1, 0.15) is 5.75 Å². The second-order valence-electron chi connectivity index (χ2n) is 5.56. The highest BCUT2D eigenvalue weighted by atomic mass is 16.5. The number of nitrogens with two attached hydrogens (primary N) is 1. The summed E-state index contributed by atoms with van der Waals surface area (Å²) in [7, 11) is 0. The Morgan fingerprint density at radius 1 is 1.44 bits per heavy atom. The maximum absolute atomic E-state index is 10.00. The largest absolute Gasteiger partial charge is 0.489 e. The van der Waals surface area contributed by atoms with E-state index in [0.717, 1.165) is 18.7 Å². The Labute approximate surface area is 108 Å². The number of β-amino-alcohol motifs (C(OH)–C–C–N with tert-alkyl or cyclic N) is 1. The van der Waals surface area contributed by atoms with E-state index < -0.39 is 5.60 Å². The normalized spacial score (nSPS) is 23.7. The minimum Gasteiger partial charge on any atom is -0.489 e. The van der Waals surface area contributed by atoms with E-state index in [0.29, 0.717) is 18.0 Å². The number of benzene rings is 1. The predicted molar refractivity (Wildman–Crippen MR) is 74.1 cm³/mol. The highest BCUT2D eigenvalue weighted by molar-refractivity contribution is 5.63. The summed E-state index contributed by atoms with van der Waals surface area (Å²) in [4.78, 5) is 2.16. The van der Waals surface area contributed by atoms with Gasteiger partial charge in [-0.3, -0.25) is 0 Å². The molecule has 0 aliphatic carbocycles. The van der Waals surface area contributed by atoms with Gasteiger partial charge in [0.05, 0.1) is 17.4 Å².